The molecule has 1 N–H and O–H groups in total. The van der Waals surface area contributed by atoms with E-state index >= 15 is 0 Å². The lowest BCUT2D eigenvalue weighted by molar-refractivity contribution is 0.158. The normalized spacial score (nSPS) is 30.3. The van der Waals surface area contributed by atoms with E-state index in [0.29, 0.717) is 6.10 Å². The average Bonchev–Trinajstić information content (AvgIpc) is 2.27. The van der Waals surface area contributed by atoms with Gasteiger partial charge in [-0.15, -0.1) is 0 Å². The molecule has 0 saturated carbocycles. The fourth-order valence-electron chi connectivity index (χ4n) is 1.82. The number of hydrogen-bond acceptors (Lipinski definition) is 2. The molecule has 1 aliphatic heterocycles. The monoisotopic (exact) mass is 151 g/mol. The van der Waals surface area contributed by atoms with Crippen LogP contribution in [0.4, 0.5) is 0 Å². The number of allylic oxidation sites excluding steroid dienone is 1. The summed E-state index contributed by atoms with van der Waals surface area (Å²) in [7, 11) is 0. The maximum Gasteiger partial charge on any atom is 0.101 e. The fourth-order valence-corrected chi connectivity index (χ4v) is 1.82. The molecule has 0 aromatic heterocycles. The Kier molecular flexibility index (Phi) is 1.48. The van der Waals surface area contributed by atoms with Crippen molar-refractivity contribution in [2.24, 2.45) is 0 Å². The lowest BCUT2D eigenvalue weighted by Gasteiger charge is -2.13. The van der Waals surface area contributed by atoms with Crippen LogP contribution in [0.15, 0.2) is 11.3 Å². The predicted molar refractivity (Wildman–Crippen MR) is 43.8 cm³/mol. The summed E-state index contributed by atoms with van der Waals surface area (Å²) in [6.45, 7) is 2.10. The smallest absolute Gasteiger partial charge is 0.101 e. The third kappa shape index (κ3) is 1.17. The van der Waals surface area contributed by atoms with Crippen LogP contribution in [0.25, 0.3) is 0 Å². The highest BCUT2D eigenvalue weighted by Gasteiger charge is 2.26. The quantitative estimate of drug-likeness (QED) is 0.566. The van der Waals surface area contributed by atoms with E-state index in [0.717, 1.165) is 37.2 Å². The lowest BCUT2D eigenvalue weighted by Crippen LogP contribution is -2.06. The molecule has 0 radical (unpaired) electrons. The molecule has 0 aromatic carbocycles. The van der Waals surface area contributed by atoms with Crippen LogP contribution in [0.3, 0.4) is 0 Å². The van der Waals surface area contributed by atoms with Crippen molar-refractivity contribution in [2.45, 2.75) is 38.7 Å². The Morgan fingerprint density at radius 3 is 3.09 bits per heavy atom. The van der Waals surface area contributed by atoms with Crippen LogP contribution in [0.5, 0.6) is 0 Å². The number of hydrogen-bond donors (Lipinski definition) is 1. The van der Waals surface area contributed by atoms with Crippen LogP contribution in [0.1, 0.15) is 32.6 Å². The van der Waals surface area contributed by atoms with Gasteiger partial charge in [0, 0.05) is 18.6 Å². The van der Waals surface area contributed by atoms with Crippen molar-refractivity contribution in [3.8, 4) is 0 Å². The molecule has 1 heterocycles. The van der Waals surface area contributed by atoms with E-state index < -0.39 is 0 Å². The van der Waals surface area contributed by atoms with Crippen molar-refractivity contribution in [1.29, 1.82) is 5.41 Å². The molecular formula is C9H13NO. The van der Waals surface area contributed by atoms with Gasteiger partial charge < -0.3 is 10.1 Å². The molecule has 0 spiro atoms. The molecule has 0 saturated heterocycles. The van der Waals surface area contributed by atoms with Crippen LogP contribution in [0, 0.1) is 5.41 Å². The second-order valence-corrected chi connectivity index (χ2v) is 3.44. The van der Waals surface area contributed by atoms with E-state index in [1.165, 1.54) is 5.57 Å². The summed E-state index contributed by atoms with van der Waals surface area (Å²) >= 11 is 0. The highest BCUT2D eigenvalue weighted by molar-refractivity contribution is 5.85. The van der Waals surface area contributed by atoms with Crippen molar-refractivity contribution < 1.29 is 4.74 Å². The molecule has 60 valence electrons. The predicted octanol–water partition coefficient (Wildman–Crippen LogP) is 2.25. The Morgan fingerprint density at radius 2 is 2.27 bits per heavy atom. The van der Waals surface area contributed by atoms with Crippen molar-refractivity contribution in [1.82, 2.24) is 0 Å². The van der Waals surface area contributed by atoms with Gasteiger partial charge in [-0.2, -0.15) is 0 Å². The van der Waals surface area contributed by atoms with E-state index in [-0.39, 0.29) is 0 Å². The molecule has 0 bridgehead atoms. The third-order valence-electron chi connectivity index (χ3n) is 2.37. The topological polar surface area (TPSA) is 33.1 Å². The molecule has 0 amide bonds. The first kappa shape index (κ1) is 6.89. The number of rotatable bonds is 0. The summed E-state index contributed by atoms with van der Waals surface area (Å²) in [6.07, 6.45) is 4.27. The largest absolute Gasteiger partial charge is 0.494 e. The highest BCUT2D eigenvalue weighted by atomic mass is 16.5. The zero-order chi connectivity index (χ0) is 7.84. The minimum absolute atomic E-state index is 0.367. The SMILES string of the molecule is CC1CC2=C(CC(=N)CC2)O1. The maximum atomic E-state index is 7.49. The zero-order valence-corrected chi connectivity index (χ0v) is 6.81. The molecule has 0 aromatic rings. The second-order valence-electron chi connectivity index (χ2n) is 3.44. The Hall–Kier alpha value is -0.790. The first-order valence-electron chi connectivity index (χ1n) is 4.19. The van der Waals surface area contributed by atoms with E-state index in [1.54, 1.807) is 0 Å². The minimum atomic E-state index is 0.367. The second kappa shape index (κ2) is 2.36. The van der Waals surface area contributed by atoms with Crippen LogP contribution in [-0.4, -0.2) is 11.8 Å². The van der Waals surface area contributed by atoms with E-state index in [1.807, 2.05) is 0 Å². The molecule has 0 fully saturated rings. The van der Waals surface area contributed by atoms with Gasteiger partial charge in [0.2, 0.25) is 0 Å². The third-order valence-corrected chi connectivity index (χ3v) is 2.37. The van der Waals surface area contributed by atoms with Gasteiger partial charge in [0.1, 0.15) is 5.76 Å². The summed E-state index contributed by atoms with van der Waals surface area (Å²) in [5, 5.41) is 7.49. The minimum Gasteiger partial charge on any atom is -0.494 e. The molecule has 1 atom stereocenters. The number of nitrogens with one attached hydrogen (secondary N) is 1. The Bertz CT molecular complexity index is 230. The zero-order valence-electron chi connectivity index (χ0n) is 6.81. The van der Waals surface area contributed by atoms with Gasteiger partial charge in [0.15, 0.2) is 0 Å². The van der Waals surface area contributed by atoms with Crippen molar-refractivity contribution in [3.63, 3.8) is 0 Å². The maximum absolute atomic E-state index is 7.49. The van der Waals surface area contributed by atoms with E-state index in [4.69, 9.17) is 10.1 Å². The molecule has 2 aliphatic rings. The molecule has 2 rings (SSSR count). The molecule has 2 nitrogen and oxygen atoms in total. The van der Waals surface area contributed by atoms with Crippen LogP contribution in [0.2, 0.25) is 0 Å². The summed E-state index contributed by atoms with van der Waals surface area (Å²) in [5.74, 6) is 1.11. The summed E-state index contributed by atoms with van der Waals surface area (Å²) in [5.41, 5.74) is 2.30. The van der Waals surface area contributed by atoms with Gasteiger partial charge in [-0.1, -0.05) is 0 Å². The molecule has 2 heteroatoms. The van der Waals surface area contributed by atoms with E-state index in [2.05, 4.69) is 6.92 Å². The van der Waals surface area contributed by atoms with Gasteiger partial charge in [-0.3, -0.25) is 0 Å². The molecule has 1 unspecified atom stereocenters. The van der Waals surface area contributed by atoms with Gasteiger partial charge in [-0.05, 0) is 25.3 Å². The van der Waals surface area contributed by atoms with Gasteiger partial charge in [0.05, 0.1) is 6.10 Å². The average molecular weight is 151 g/mol. The first-order valence-corrected chi connectivity index (χ1v) is 4.19. The number of ether oxygens (including phenoxy) is 1. The summed E-state index contributed by atoms with van der Waals surface area (Å²) < 4.78 is 5.57. The van der Waals surface area contributed by atoms with Crippen molar-refractivity contribution in [2.75, 3.05) is 0 Å². The van der Waals surface area contributed by atoms with Gasteiger partial charge >= 0.3 is 0 Å². The molecular weight excluding hydrogens is 138 g/mol. The van der Waals surface area contributed by atoms with Gasteiger partial charge in [0.25, 0.3) is 0 Å². The fraction of sp³-hybridized carbons (Fsp3) is 0.667. The summed E-state index contributed by atoms with van der Waals surface area (Å²) in [6, 6.07) is 0. The lowest BCUT2D eigenvalue weighted by atomic mass is 9.95. The van der Waals surface area contributed by atoms with Crippen molar-refractivity contribution in [3.05, 3.63) is 11.3 Å². The summed E-state index contributed by atoms with van der Waals surface area (Å²) in [4.78, 5) is 0. The van der Waals surface area contributed by atoms with Crippen LogP contribution >= 0.6 is 0 Å². The first-order chi connectivity index (χ1) is 5.25. The molecule has 1 aliphatic carbocycles. The van der Waals surface area contributed by atoms with Crippen molar-refractivity contribution >= 4 is 5.71 Å². The van der Waals surface area contributed by atoms with Crippen LogP contribution in [-0.2, 0) is 4.74 Å². The van der Waals surface area contributed by atoms with Crippen LogP contribution < -0.4 is 0 Å². The Balaban J connectivity index is 2.16. The van der Waals surface area contributed by atoms with Gasteiger partial charge in [-0.25, -0.2) is 0 Å². The standard InChI is InChI=1S/C9H13NO/c1-6-4-7-2-3-8(10)5-9(7)11-6/h6,10H,2-5H2,1H3. The Labute approximate surface area is 66.8 Å². The van der Waals surface area contributed by atoms with E-state index in [9.17, 15) is 0 Å². The highest BCUT2D eigenvalue weighted by Crippen LogP contribution is 2.34. The Morgan fingerprint density at radius 1 is 1.45 bits per heavy atom. The molecule has 11 heavy (non-hydrogen) atoms.